The first kappa shape index (κ1) is 12.8. The Balaban J connectivity index is 1.85. The van der Waals surface area contributed by atoms with Crippen LogP contribution in [0.25, 0.3) is 0 Å². The van der Waals surface area contributed by atoms with E-state index < -0.39 is 0 Å². The van der Waals surface area contributed by atoms with E-state index in [1.807, 2.05) is 0 Å². The molecule has 2 N–H and O–H groups in total. The molecule has 1 heterocycles. The summed E-state index contributed by atoms with van der Waals surface area (Å²) in [6, 6.07) is -0.194. The molecule has 4 atom stereocenters. The highest BCUT2D eigenvalue weighted by atomic mass is 16.5. The Kier molecular flexibility index (Phi) is 4.05. The van der Waals surface area contributed by atoms with Crippen molar-refractivity contribution in [3.05, 3.63) is 0 Å². The topological polar surface area (TPSA) is 61.5 Å². The van der Waals surface area contributed by atoms with Crippen LogP contribution < -0.4 is 5.73 Å². The smallest absolute Gasteiger partial charge is 0.313 e. The van der Waals surface area contributed by atoms with Gasteiger partial charge in [-0.2, -0.15) is 0 Å². The number of nitrogens with two attached hydrogens (primary N) is 1. The van der Waals surface area contributed by atoms with Crippen LogP contribution in [0.15, 0.2) is 0 Å². The summed E-state index contributed by atoms with van der Waals surface area (Å²) in [6.45, 7) is 5.33. The monoisotopic (exact) mass is 241 g/mol. The predicted molar refractivity (Wildman–Crippen MR) is 64.3 cm³/mol. The number of carbonyl (C=O) groups excluding carboxylic acids is 1. The largest absolute Gasteiger partial charge is 0.462 e. The number of rotatable bonds is 2. The summed E-state index contributed by atoms with van der Waals surface area (Å²) < 4.78 is 10.8. The molecule has 0 amide bonds. The van der Waals surface area contributed by atoms with Gasteiger partial charge in [-0.3, -0.25) is 4.79 Å². The lowest BCUT2D eigenvalue weighted by Crippen LogP contribution is -2.38. The van der Waals surface area contributed by atoms with E-state index in [0.29, 0.717) is 25.0 Å². The van der Waals surface area contributed by atoms with Gasteiger partial charge in [-0.25, -0.2) is 0 Å². The molecule has 4 unspecified atom stereocenters. The van der Waals surface area contributed by atoms with Gasteiger partial charge in [0.1, 0.15) is 6.10 Å². The maximum Gasteiger partial charge on any atom is 0.313 e. The van der Waals surface area contributed by atoms with Crippen molar-refractivity contribution in [2.45, 2.75) is 45.3 Å². The van der Waals surface area contributed by atoms with Crippen molar-refractivity contribution in [1.29, 1.82) is 0 Å². The Hall–Kier alpha value is -0.610. The number of esters is 1. The fourth-order valence-electron chi connectivity index (χ4n) is 3.03. The first-order chi connectivity index (χ1) is 8.06. The van der Waals surface area contributed by atoms with Gasteiger partial charge in [0.15, 0.2) is 0 Å². The second kappa shape index (κ2) is 5.36. The molecule has 17 heavy (non-hydrogen) atoms. The fraction of sp³-hybridized carbons (Fsp3) is 0.923. The Morgan fingerprint density at radius 1 is 1.18 bits per heavy atom. The molecule has 1 saturated heterocycles. The molecule has 4 nitrogen and oxygen atoms in total. The second-order valence-electron chi connectivity index (χ2n) is 5.78. The Labute approximate surface area is 103 Å². The molecule has 1 aliphatic carbocycles. The summed E-state index contributed by atoms with van der Waals surface area (Å²) in [5.41, 5.74) is 5.81. The van der Waals surface area contributed by atoms with Crippen molar-refractivity contribution in [2.75, 3.05) is 13.2 Å². The minimum atomic E-state index is -0.262. The van der Waals surface area contributed by atoms with Crippen molar-refractivity contribution < 1.29 is 14.3 Å². The molecule has 1 saturated carbocycles. The van der Waals surface area contributed by atoms with Crippen LogP contribution in [0.1, 0.15) is 33.1 Å². The van der Waals surface area contributed by atoms with Crippen LogP contribution >= 0.6 is 0 Å². The van der Waals surface area contributed by atoms with Gasteiger partial charge in [0.05, 0.1) is 19.1 Å². The van der Waals surface area contributed by atoms with Crippen molar-refractivity contribution in [2.24, 2.45) is 23.5 Å². The molecule has 0 radical (unpaired) electrons. The molecule has 98 valence electrons. The van der Waals surface area contributed by atoms with E-state index >= 15 is 0 Å². The van der Waals surface area contributed by atoms with Gasteiger partial charge in [-0.05, 0) is 31.1 Å². The normalized spacial score (nSPS) is 42.4. The van der Waals surface area contributed by atoms with Crippen LogP contribution in [0.5, 0.6) is 0 Å². The van der Waals surface area contributed by atoms with Crippen LogP contribution in [0.2, 0.25) is 0 Å². The summed E-state index contributed by atoms with van der Waals surface area (Å²) in [5.74, 6) is 0.860. The molecule has 2 aliphatic rings. The third-order valence-electron chi connectivity index (χ3n) is 3.85. The van der Waals surface area contributed by atoms with Crippen molar-refractivity contribution in [3.8, 4) is 0 Å². The number of ether oxygens (including phenoxy) is 2. The van der Waals surface area contributed by atoms with Crippen LogP contribution in [0.4, 0.5) is 0 Å². The van der Waals surface area contributed by atoms with Crippen LogP contribution in [0.3, 0.4) is 0 Å². The maximum atomic E-state index is 12.0. The molecule has 0 spiro atoms. The number of carbonyl (C=O) groups is 1. The van der Waals surface area contributed by atoms with E-state index in [1.54, 1.807) is 0 Å². The Morgan fingerprint density at radius 2 is 1.82 bits per heavy atom. The minimum Gasteiger partial charge on any atom is -0.462 e. The average Bonchev–Trinajstić information content (AvgIpc) is 2.62. The van der Waals surface area contributed by atoms with E-state index in [1.165, 1.54) is 6.42 Å². The zero-order valence-corrected chi connectivity index (χ0v) is 10.7. The quantitative estimate of drug-likeness (QED) is 0.741. The lowest BCUT2D eigenvalue weighted by atomic mass is 9.82. The number of hydrogen-bond acceptors (Lipinski definition) is 4. The fourth-order valence-corrected chi connectivity index (χ4v) is 3.03. The molecule has 0 bridgehead atoms. The average molecular weight is 241 g/mol. The summed E-state index contributed by atoms with van der Waals surface area (Å²) in [6.07, 6.45) is 3.28. The van der Waals surface area contributed by atoms with E-state index in [0.717, 1.165) is 12.8 Å². The molecule has 2 fully saturated rings. The van der Waals surface area contributed by atoms with Gasteiger partial charge in [-0.15, -0.1) is 0 Å². The van der Waals surface area contributed by atoms with Crippen LogP contribution in [0, 0.1) is 17.8 Å². The molecular formula is C13H23NO3. The van der Waals surface area contributed by atoms with E-state index in [-0.39, 0.29) is 24.0 Å². The van der Waals surface area contributed by atoms with Gasteiger partial charge in [0.25, 0.3) is 0 Å². The van der Waals surface area contributed by atoms with Crippen molar-refractivity contribution in [1.82, 2.24) is 0 Å². The summed E-state index contributed by atoms with van der Waals surface area (Å²) in [7, 11) is 0. The van der Waals surface area contributed by atoms with Crippen molar-refractivity contribution >= 4 is 5.97 Å². The lowest BCUT2D eigenvalue weighted by molar-refractivity contribution is -0.157. The van der Waals surface area contributed by atoms with Gasteiger partial charge in [-0.1, -0.05) is 13.8 Å². The zero-order chi connectivity index (χ0) is 12.4. The van der Waals surface area contributed by atoms with Gasteiger partial charge in [0.2, 0.25) is 0 Å². The maximum absolute atomic E-state index is 12.0. The molecular weight excluding hydrogens is 218 g/mol. The van der Waals surface area contributed by atoms with E-state index in [9.17, 15) is 4.79 Å². The molecule has 4 heteroatoms. The highest BCUT2D eigenvalue weighted by Gasteiger charge is 2.35. The Bertz CT molecular complexity index is 272. The first-order valence-corrected chi connectivity index (χ1v) is 6.60. The van der Waals surface area contributed by atoms with E-state index in [4.69, 9.17) is 15.2 Å². The minimum absolute atomic E-state index is 0.0778. The molecule has 0 aromatic carbocycles. The Morgan fingerprint density at radius 3 is 2.35 bits per heavy atom. The molecule has 1 aliphatic heterocycles. The third-order valence-corrected chi connectivity index (χ3v) is 3.85. The SMILES string of the molecule is CC1CC(C)CC(OC(=O)C2COCC2N)C1. The van der Waals surface area contributed by atoms with Crippen LogP contribution in [-0.4, -0.2) is 31.3 Å². The lowest BCUT2D eigenvalue weighted by Gasteiger charge is -2.31. The van der Waals surface area contributed by atoms with Gasteiger partial charge < -0.3 is 15.2 Å². The standard InChI is InChI=1S/C13H23NO3/c1-8-3-9(2)5-10(4-8)17-13(15)11-6-16-7-12(11)14/h8-12H,3-7,14H2,1-2H3. The third kappa shape index (κ3) is 3.19. The molecule has 0 aromatic rings. The van der Waals surface area contributed by atoms with Crippen molar-refractivity contribution in [3.63, 3.8) is 0 Å². The summed E-state index contributed by atoms with van der Waals surface area (Å²) in [4.78, 5) is 12.0. The first-order valence-electron chi connectivity index (χ1n) is 6.60. The van der Waals surface area contributed by atoms with E-state index in [2.05, 4.69) is 13.8 Å². The zero-order valence-electron chi connectivity index (χ0n) is 10.7. The number of hydrogen-bond donors (Lipinski definition) is 1. The predicted octanol–water partition coefficient (Wildman–Crippen LogP) is 1.33. The summed E-state index contributed by atoms with van der Waals surface area (Å²) >= 11 is 0. The van der Waals surface area contributed by atoms with Crippen LogP contribution in [-0.2, 0) is 14.3 Å². The summed E-state index contributed by atoms with van der Waals surface area (Å²) in [5, 5.41) is 0. The molecule has 2 rings (SSSR count). The highest BCUT2D eigenvalue weighted by Crippen LogP contribution is 2.31. The molecule has 0 aromatic heterocycles. The second-order valence-corrected chi connectivity index (χ2v) is 5.78. The highest BCUT2D eigenvalue weighted by molar-refractivity contribution is 5.74. The van der Waals surface area contributed by atoms with Gasteiger partial charge >= 0.3 is 5.97 Å². The van der Waals surface area contributed by atoms with Gasteiger partial charge in [0, 0.05) is 6.04 Å².